The van der Waals surface area contributed by atoms with Gasteiger partial charge in [-0.05, 0) is 30.3 Å². The molecule has 18 heavy (non-hydrogen) atoms. The molecule has 1 aromatic carbocycles. The van der Waals surface area contributed by atoms with Gasteiger partial charge < -0.3 is 5.32 Å². The summed E-state index contributed by atoms with van der Waals surface area (Å²) in [5.41, 5.74) is 1.79. The molecule has 0 saturated carbocycles. The van der Waals surface area contributed by atoms with Crippen LogP contribution in [-0.4, -0.2) is 15.9 Å². The zero-order valence-corrected chi connectivity index (χ0v) is 9.50. The molecule has 0 radical (unpaired) electrons. The molecule has 0 aliphatic heterocycles. The van der Waals surface area contributed by atoms with Gasteiger partial charge in [-0.15, -0.1) is 0 Å². The van der Waals surface area contributed by atoms with E-state index < -0.39 is 0 Å². The Labute approximate surface area is 104 Å². The number of nitrogens with one attached hydrogen (secondary N) is 1. The molecule has 0 aliphatic rings. The van der Waals surface area contributed by atoms with Crippen LogP contribution >= 0.6 is 0 Å². The molecule has 0 atom stereocenters. The Hall–Kier alpha value is -2.74. The summed E-state index contributed by atoms with van der Waals surface area (Å²) >= 11 is 0. The van der Waals surface area contributed by atoms with E-state index in [0.29, 0.717) is 17.7 Å². The van der Waals surface area contributed by atoms with Gasteiger partial charge in [-0.1, -0.05) is 0 Å². The molecule has 0 spiro atoms. The lowest BCUT2D eigenvalue weighted by molar-refractivity contribution is 0.0950. The van der Waals surface area contributed by atoms with Crippen LogP contribution in [0.15, 0.2) is 42.9 Å². The van der Waals surface area contributed by atoms with E-state index in [1.54, 1.807) is 36.5 Å². The first kappa shape index (κ1) is 11.7. The average molecular weight is 238 g/mol. The lowest BCUT2D eigenvalue weighted by Gasteiger charge is -2.04. The summed E-state index contributed by atoms with van der Waals surface area (Å²) in [7, 11) is 0. The van der Waals surface area contributed by atoms with Gasteiger partial charge in [0.25, 0.3) is 5.91 Å². The molecule has 5 heteroatoms. The summed E-state index contributed by atoms with van der Waals surface area (Å²) in [5, 5.41) is 11.4. The van der Waals surface area contributed by atoms with Crippen LogP contribution in [0, 0.1) is 11.3 Å². The summed E-state index contributed by atoms with van der Waals surface area (Å²) in [5.74, 6) is -0.196. The van der Waals surface area contributed by atoms with Crippen molar-refractivity contribution in [1.82, 2.24) is 15.3 Å². The highest BCUT2D eigenvalue weighted by atomic mass is 16.1. The molecule has 2 rings (SSSR count). The Morgan fingerprint density at radius 3 is 2.67 bits per heavy atom. The van der Waals surface area contributed by atoms with E-state index in [0.717, 1.165) is 5.69 Å². The van der Waals surface area contributed by atoms with Crippen molar-refractivity contribution in [3.05, 3.63) is 59.7 Å². The number of nitriles is 1. The Balaban J connectivity index is 1.98. The Morgan fingerprint density at radius 2 is 2.06 bits per heavy atom. The van der Waals surface area contributed by atoms with E-state index in [1.807, 2.05) is 6.07 Å². The quantitative estimate of drug-likeness (QED) is 0.873. The summed E-state index contributed by atoms with van der Waals surface area (Å²) < 4.78 is 0. The Kier molecular flexibility index (Phi) is 3.62. The van der Waals surface area contributed by atoms with Crippen molar-refractivity contribution in [3.8, 4) is 6.07 Å². The van der Waals surface area contributed by atoms with Gasteiger partial charge in [0.05, 0.1) is 23.9 Å². The average Bonchev–Trinajstić information content (AvgIpc) is 2.46. The largest absolute Gasteiger partial charge is 0.346 e. The van der Waals surface area contributed by atoms with Gasteiger partial charge in [-0.25, -0.2) is 9.97 Å². The van der Waals surface area contributed by atoms with Crippen LogP contribution in [0.1, 0.15) is 21.6 Å². The molecule has 0 aliphatic carbocycles. The van der Waals surface area contributed by atoms with Gasteiger partial charge >= 0.3 is 0 Å². The molecule has 5 nitrogen and oxygen atoms in total. The fourth-order valence-electron chi connectivity index (χ4n) is 1.39. The van der Waals surface area contributed by atoms with Gasteiger partial charge in [0.15, 0.2) is 0 Å². The van der Waals surface area contributed by atoms with E-state index in [9.17, 15) is 4.79 Å². The molecule has 2 aromatic rings. The van der Waals surface area contributed by atoms with Crippen molar-refractivity contribution in [2.75, 3.05) is 0 Å². The van der Waals surface area contributed by atoms with Crippen LogP contribution in [0.2, 0.25) is 0 Å². The monoisotopic (exact) mass is 238 g/mol. The fraction of sp³-hybridized carbons (Fsp3) is 0.0769. The second-order valence-corrected chi connectivity index (χ2v) is 3.57. The molecule has 0 saturated heterocycles. The minimum absolute atomic E-state index is 0.196. The third-order valence-electron chi connectivity index (χ3n) is 2.35. The van der Waals surface area contributed by atoms with Crippen LogP contribution in [0.4, 0.5) is 0 Å². The van der Waals surface area contributed by atoms with E-state index in [2.05, 4.69) is 15.3 Å². The first-order chi connectivity index (χ1) is 8.79. The molecular formula is C13H10N4O. The topological polar surface area (TPSA) is 78.7 Å². The molecule has 1 heterocycles. The predicted octanol–water partition coefficient (Wildman–Crippen LogP) is 1.28. The van der Waals surface area contributed by atoms with Gasteiger partial charge in [0, 0.05) is 11.8 Å². The lowest BCUT2D eigenvalue weighted by atomic mass is 10.1. The van der Waals surface area contributed by atoms with Crippen molar-refractivity contribution in [2.45, 2.75) is 6.54 Å². The highest BCUT2D eigenvalue weighted by Gasteiger charge is 2.05. The highest BCUT2D eigenvalue weighted by Crippen LogP contribution is 2.03. The zero-order chi connectivity index (χ0) is 12.8. The molecule has 0 unspecified atom stereocenters. The normalized spacial score (nSPS) is 9.50. The van der Waals surface area contributed by atoms with Gasteiger partial charge in [-0.3, -0.25) is 4.79 Å². The minimum Gasteiger partial charge on any atom is -0.346 e. The Morgan fingerprint density at radius 1 is 1.28 bits per heavy atom. The SMILES string of the molecule is N#Cc1ccc(C(=O)NCc2ccncn2)cc1. The fourth-order valence-corrected chi connectivity index (χ4v) is 1.39. The summed E-state index contributed by atoms with van der Waals surface area (Å²) in [4.78, 5) is 19.6. The molecule has 88 valence electrons. The number of carbonyl (C=O) groups is 1. The maximum Gasteiger partial charge on any atom is 0.251 e. The van der Waals surface area contributed by atoms with E-state index in [-0.39, 0.29) is 5.91 Å². The second kappa shape index (κ2) is 5.55. The van der Waals surface area contributed by atoms with Crippen LogP contribution < -0.4 is 5.32 Å². The number of amides is 1. The standard InChI is InChI=1S/C13H10N4O/c14-7-10-1-3-11(4-2-10)13(18)16-8-12-5-6-15-9-17-12/h1-6,9H,8H2,(H,16,18). The molecule has 1 aromatic heterocycles. The Bertz CT molecular complexity index is 572. The number of aromatic nitrogens is 2. The molecule has 1 N–H and O–H groups in total. The van der Waals surface area contributed by atoms with Crippen LogP contribution in [0.3, 0.4) is 0 Å². The third kappa shape index (κ3) is 2.89. The zero-order valence-electron chi connectivity index (χ0n) is 9.50. The van der Waals surface area contributed by atoms with Gasteiger partial charge in [0.1, 0.15) is 6.33 Å². The first-order valence-electron chi connectivity index (χ1n) is 5.33. The number of rotatable bonds is 3. The van der Waals surface area contributed by atoms with Gasteiger partial charge in [0.2, 0.25) is 0 Å². The van der Waals surface area contributed by atoms with Crippen molar-refractivity contribution >= 4 is 5.91 Å². The molecule has 1 amide bonds. The van der Waals surface area contributed by atoms with Gasteiger partial charge in [-0.2, -0.15) is 5.26 Å². The van der Waals surface area contributed by atoms with Crippen LogP contribution in [0.5, 0.6) is 0 Å². The van der Waals surface area contributed by atoms with Crippen molar-refractivity contribution < 1.29 is 4.79 Å². The first-order valence-corrected chi connectivity index (χ1v) is 5.33. The number of hydrogen-bond donors (Lipinski definition) is 1. The number of nitrogens with zero attached hydrogens (tertiary/aromatic N) is 3. The summed E-state index contributed by atoms with van der Waals surface area (Å²) in [6, 6.07) is 10.2. The smallest absolute Gasteiger partial charge is 0.251 e. The van der Waals surface area contributed by atoms with E-state index >= 15 is 0 Å². The maximum atomic E-state index is 11.8. The maximum absolute atomic E-state index is 11.8. The molecule has 0 bridgehead atoms. The predicted molar refractivity (Wildman–Crippen MR) is 64.4 cm³/mol. The summed E-state index contributed by atoms with van der Waals surface area (Å²) in [6.45, 7) is 0.349. The molecular weight excluding hydrogens is 228 g/mol. The minimum atomic E-state index is -0.196. The molecule has 0 fully saturated rings. The lowest BCUT2D eigenvalue weighted by Crippen LogP contribution is -2.23. The van der Waals surface area contributed by atoms with Crippen LogP contribution in [-0.2, 0) is 6.54 Å². The number of hydrogen-bond acceptors (Lipinski definition) is 4. The van der Waals surface area contributed by atoms with Crippen LogP contribution in [0.25, 0.3) is 0 Å². The van der Waals surface area contributed by atoms with Crippen molar-refractivity contribution in [1.29, 1.82) is 5.26 Å². The van der Waals surface area contributed by atoms with Crippen molar-refractivity contribution in [2.24, 2.45) is 0 Å². The van der Waals surface area contributed by atoms with E-state index in [4.69, 9.17) is 5.26 Å². The third-order valence-corrected chi connectivity index (χ3v) is 2.35. The number of carbonyl (C=O) groups excluding carboxylic acids is 1. The number of benzene rings is 1. The second-order valence-electron chi connectivity index (χ2n) is 3.57. The summed E-state index contributed by atoms with van der Waals surface area (Å²) in [6.07, 6.45) is 3.05. The highest BCUT2D eigenvalue weighted by molar-refractivity contribution is 5.94. The van der Waals surface area contributed by atoms with E-state index in [1.165, 1.54) is 6.33 Å². The van der Waals surface area contributed by atoms with Crippen molar-refractivity contribution in [3.63, 3.8) is 0 Å².